The fourth-order valence-electron chi connectivity index (χ4n) is 5.72. The highest BCUT2D eigenvalue weighted by Crippen LogP contribution is 2.38. The Morgan fingerprint density at radius 3 is 2.20 bits per heavy atom. The molecule has 2 N–H and O–H groups in total. The highest BCUT2D eigenvalue weighted by molar-refractivity contribution is 5.82. The number of nitro groups is 1. The highest BCUT2D eigenvalue weighted by atomic mass is 16.7. The molecule has 0 spiro atoms. The van der Waals surface area contributed by atoms with Crippen LogP contribution in [0.3, 0.4) is 0 Å². The average Bonchev–Trinajstić information content (AvgIpc) is 3.07. The van der Waals surface area contributed by atoms with Crippen molar-refractivity contribution in [1.29, 1.82) is 0 Å². The van der Waals surface area contributed by atoms with Gasteiger partial charge in [0.05, 0.1) is 23.7 Å². The van der Waals surface area contributed by atoms with E-state index in [4.69, 9.17) is 14.2 Å². The predicted octanol–water partition coefficient (Wildman–Crippen LogP) is 4.02. The van der Waals surface area contributed by atoms with Gasteiger partial charge in [-0.25, -0.2) is 0 Å². The second-order valence-corrected chi connectivity index (χ2v) is 11.6. The van der Waals surface area contributed by atoms with Crippen LogP contribution < -0.4 is 10.2 Å². The normalized spacial score (nSPS) is 20.9. The number of amides is 1. The molecule has 2 fully saturated rings. The lowest BCUT2D eigenvalue weighted by atomic mass is 9.99. The van der Waals surface area contributed by atoms with Crippen LogP contribution in [0.5, 0.6) is 0 Å². The molecular weight excluding hydrogens is 592 g/mol. The first-order valence-electron chi connectivity index (χ1n) is 15.4. The Balaban J connectivity index is 1.22. The van der Waals surface area contributed by atoms with Gasteiger partial charge in [0.2, 0.25) is 0 Å². The summed E-state index contributed by atoms with van der Waals surface area (Å²) in [6.07, 6.45) is -1.11. The third-order valence-electron chi connectivity index (χ3n) is 8.31. The lowest BCUT2D eigenvalue weighted by molar-refractivity contribution is -0.384. The van der Waals surface area contributed by atoms with Gasteiger partial charge in [-0.05, 0) is 35.7 Å². The van der Waals surface area contributed by atoms with Crippen LogP contribution in [0.4, 0.5) is 11.4 Å². The van der Waals surface area contributed by atoms with Crippen LogP contribution >= 0.6 is 0 Å². The number of hydrogen-bond donors (Lipinski definition) is 2. The topological polar surface area (TPSA) is 144 Å². The number of nitrogens with one attached hydrogen (secondary N) is 1. The number of esters is 1. The molecule has 5 rings (SSSR count). The van der Waals surface area contributed by atoms with Crippen molar-refractivity contribution >= 4 is 23.3 Å². The van der Waals surface area contributed by atoms with E-state index in [1.54, 1.807) is 24.3 Å². The SMILES string of the molecule is CC(=O)O[C@@H](C)C(=O)NCc1ccc([C@H]2O[C@@H](CN3CCN(c4ccc([N+](=O)[O-])cc4)CC3)C[C@@H](c3ccc(CO)cc3)O2)cc1. The van der Waals surface area contributed by atoms with E-state index in [1.165, 1.54) is 13.8 Å². The number of nitro benzene ring substituents is 1. The van der Waals surface area contributed by atoms with Gasteiger partial charge in [0.15, 0.2) is 12.4 Å². The molecule has 4 atom stereocenters. The van der Waals surface area contributed by atoms with Gasteiger partial charge in [0.1, 0.15) is 0 Å². The Hall–Kier alpha value is -4.36. The summed E-state index contributed by atoms with van der Waals surface area (Å²) in [5.74, 6) is -0.880. The summed E-state index contributed by atoms with van der Waals surface area (Å²) in [7, 11) is 0. The molecule has 3 aromatic carbocycles. The summed E-state index contributed by atoms with van der Waals surface area (Å²) in [4.78, 5) is 38.6. The van der Waals surface area contributed by atoms with Gasteiger partial charge in [-0.2, -0.15) is 0 Å². The van der Waals surface area contributed by atoms with Crippen LogP contribution in [0, 0.1) is 10.1 Å². The molecule has 46 heavy (non-hydrogen) atoms. The summed E-state index contributed by atoms with van der Waals surface area (Å²) >= 11 is 0. The maximum Gasteiger partial charge on any atom is 0.303 e. The minimum absolute atomic E-state index is 0.0263. The number of carbonyl (C=O) groups is 2. The van der Waals surface area contributed by atoms with Crippen LogP contribution in [0.1, 0.15) is 54.9 Å². The van der Waals surface area contributed by atoms with Crippen LogP contribution in [0.2, 0.25) is 0 Å². The standard InChI is InChI=1S/C34H40N4O8/c1-23(44-24(2)40)33(41)35-20-25-3-9-28(10-4-25)34-45-31(19-32(46-34)27-7-5-26(22-39)6-8-27)21-36-15-17-37(18-16-36)29-11-13-30(14-12-29)38(42)43/h3-14,23,31-32,34,39H,15-22H2,1-2H3,(H,35,41)/t23-,31+,32-,34-/m0/s1. The van der Waals surface area contributed by atoms with E-state index in [9.17, 15) is 24.8 Å². The number of aliphatic hydroxyl groups is 1. The van der Waals surface area contributed by atoms with Crippen molar-refractivity contribution in [2.24, 2.45) is 0 Å². The highest BCUT2D eigenvalue weighted by Gasteiger charge is 2.34. The van der Waals surface area contributed by atoms with Crippen molar-refractivity contribution in [2.75, 3.05) is 37.6 Å². The van der Waals surface area contributed by atoms with Crippen molar-refractivity contribution < 1.29 is 33.8 Å². The Labute approximate surface area is 268 Å². The first-order valence-corrected chi connectivity index (χ1v) is 15.4. The number of hydrogen-bond acceptors (Lipinski definition) is 10. The zero-order chi connectivity index (χ0) is 32.6. The molecule has 0 unspecified atom stereocenters. The van der Waals surface area contributed by atoms with E-state index >= 15 is 0 Å². The summed E-state index contributed by atoms with van der Waals surface area (Å²) in [5.41, 5.74) is 4.64. The van der Waals surface area contributed by atoms with Crippen molar-refractivity contribution in [2.45, 2.75) is 58.0 Å². The van der Waals surface area contributed by atoms with Gasteiger partial charge >= 0.3 is 5.97 Å². The van der Waals surface area contributed by atoms with Crippen LogP contribution in [-0.2, 0) is 37.0 Å². The molecular formula is C34H40N4O8. The predicted molar refractivity (Wildman–Crippen MR) is 170 cm³/mol. The summed E-state index contributed by atoms with van der Waals surface area (Å²) < 4.78 is 17.9. The van der Waals surface area contributed by atoms with Gasteiger partial charge < -0.3 is 29.5 Å². The van der Waals surface area contributed by atoms with E-state index in [2.05, 4.69) is 15.1 Å². The first-order chi connectivity index (χ1) is 22.2. The number of rotatable bonds is 11. The number of piperazine rings is 1. The zero-order valence-corrected chi connectivity index (χ0v) is 26.0. The first kappa shape index (κ1) is 33.0. The molecule has 3 aromatic rings. The second-order valence-electron chi connectivity index (χ2n) is 11.6. The number of ether oxygens (including phenoxy) is 3. The fourth-order valence-corrected chi connectivity index (χ4v) is 5.72. The molecule has 0 aliphatic carbocycles. The summed E-state index contributed by atoms with van der Waals surface area (Å²) in [6.45, 7) is 7.03. The van der Waals surface area contributed by atoms with E-state index < -0.39 is 18.4 Å². The second kappa shape index (κ2) is 15.3. The zero-order valence-electron chi connectivity index (χ0n) is 26.0. The molecule has 12 nitrogen and oxygen atoms in total. The Morgan fingerprint density at radius 2 is 1.59 bits per heavy atom. The van der Waals surface area contributed by atoms with Crippen LogP contribution in [-0.4, -0.2) is 71.7 Å². The molecule has 2 heterocycles. The van der Waals surface area contributed by atoms with Gasteiger partial charge in [-0.1, -0.05) is 48.5 Å². The third kappa shape index (κ3) is 8.67. The minimum Gasteiger partial charge on any atom is -0.453 e. The molecule has 2 aliphatic heterocycles. The van der Waals surface area contributed by atoms with Crippen molar-refractivity contribution in [1.82, 2.24) is 10.2 Å². The average molecular weight is 633 g/mol. The monoisotopic (exact) mass is 632 g/mol. The van der Waals surface area contributed by atoms with Gasteiger partial charge in [-0.3, -0.25) is 24.6 Å². The lowest BCUT2D eigenvalue weighted by Gasteiger charge is -2.41. The van der Waals surface area contributed by atoms with E-state index in [0.717, 1.165) is 60.7 Å². The fraction of sp³-hybridized carbons (Fsp3) is 0.412. The van der Waals surface area contributed by atoms with Crippen LogP contribution in [0.25, 0.3) is 0 Å². The Morgan fingerprint density at radius 1 is 0.957 bits per heavy atom. The largest absolute Gasteiger partial charge is 0.453 e. The smallest absolute Gasteiger partial charge is 0.303 e. The number of non-ortho nitro benzene ring substituents is 1. The lowest BCUT2D eigenvalue weighted by Crippen LogP contribution is -2.49. The number of aliphatic hydroxyl groups excluding tert-OH is 1. The number of benzene rings is 3. The molecule has 0 aromatic heterocycles. The molecule has 244 valence electrons. The van der Waals surface area contributed by atoms with Crippen molar-refractivity contribution in [3.8, 4) is 0 Å². The molecule has 0 bridgehead atoms. The maximum absolute atomic E-state index is 12.2. The molecule has 2 saturated heterocycles. The van der Waals surface area contributed by atoms with Gasteiger partial charge in [0.25, 0.3) is 11.6 Å². The molecule has 2 aliphatic rings. The van der Waals surface area contributed by atoms with E-state index in [-0.39, 0.29) is 41.9 Å². The molecule has 12 heteroatoms. The van der Waals surface area contributed by atoms with E-state index in [0.29, 0.717) is 6.42 Å². The van der Waals surface area contributed by atoms with Crippen molar-refractivity contribution in [3.63, 3.8) is 0 Å². The Bertz CT molecular complexity index is 1470. The summed E-state index contributed by atoms with van der Waals surface area (Å²) in [6, 6.07) is 22.1. The van der Waals surface area contributed by atoms with Gasteiger partial charge in [0, 0.05) is 76.0 Å². The van der Waals surface area contributed by atoms with Crippen molar-refractivity contribution in [3.05, 3.63) is 105 Å². The van der Waals surface area contributed by atoms with Crippen LogP contribution in [0.15, 0.2) is 72.8 Å². The number of nitrogens with zero attached hydrogens (tertiary/aromatic N) is 3. The maximum atomic E-state index is 12.2. The Kier molecular flexibility index (Phi) is 11.0. The quantitative estimate of drug-likeness (QED) is 0.181. The van der Waals surface area contributed by atoms with Gasteiger partial charge in [-0.15, -0.1) is 0 Å². The third-order valence-corrected chi connectivity index (χ3v) is 8.31. The molecule has 0 radical (unpaired) electrons. The molecule has 1 amide bonds. The number of carbonyl (C=O) groups excluding carboxylic acids is 2. The summed E-state index contributed by atoms with van der Waals surface area (Å²) in [5, 5.41) is 23.3. The minimum atomic E-state index is -0.869. The van der Waals surface area contributed by atoms with E-state index in [1.807, 2.05) is 48.5 Å². The number of anilines is 1. The molecule has 0 saturated carbocycles.